The number of para-hydroxylation sites is 2. The molecule has 1 heterocycles. The largest absolute Gasteiger partial charge is 0.397 e. The van der Waals surface area contributed by atoms with Gasteiger partial charge >= 0.3 is 0 Å². The molecule has 0 bridgehead atoms. The van der Waals surface area contributed by atoms with Gasteiger partial charge in [0.2, 0.25) is 0 Å². The van der Waals surface area contributed by atoms with Crippen molar-refractivity contribution in [3.8, 4) is 5.69 Å². The maximum absolute atomic E-state index is 12.4. The molecular weight excluding hydrogens is 252 g/mol. The lowest BCUT2D eigenvalue weighted by atomic mass is 10.3. The summed E-state index contributed by atoms with van der Waals surface area (Å²) in [6.07, 6.45) is 3.98. The van der Waals surface area contributed by atoms with E-state index in [-0.39, 0.29) is 5.91 Å². The number of nitrogens with zero attached hydrogens (tertiary/aromatic N) is 3. The molecule has 1 saturated carbocycles. The lowest BCUT2D eigenvalue weighted by molar-refractivity contribution is 0.0746. The van der Waals surface area contributed by atoms with Crippen LogP contribution in [0.4, 0.5) is 5.69 Å². The zero-order chi connectivity index (χ0) is 14.1. The molecule has 5 heteroatoms. The highest BCUT2D eigenvalue weighted by atomic mass is 16.2. The van der Waals surface area contributed by atoms with E-state index in [0.717, 1.165) is 25.1 Å². The Hall–Kier alpha value is -2.30. The molecule has 0 saturated heterocycles. The Balaban J connectivity index is 1.87. The summed E-state index contributed by atoms with van der Waals surface area (Å²) < 4.78 is 1.66. The molecule has 1 aliphatic rings. The van der Waals surface area contributed by atoms with Crippen LogP contribution in [0.3, 0.4) is 0 Å². The van der Waals surface area contributed by atoms with E-state index in [4.69, 9.17) is 5.73 Å². The number of anilines is 1. The van der Waals surface area contributed by atoms with Crippen molar-refractivity contribution in [3.05, 3.63) is 42.2 Å². The first-order valence-electron chi connectivity index (χ1n) is 6.92. The SMILES string of the molecule is CCN(C(=O)c1ccn(-c2ccccc2N)n1)C1CC1. The maximum atomic E-state index is 12.4. The zero-order valence-electron chi connectivity index (χ0n) is 11.5. The van der Waals surface area contributed by atoms with Crippen LogP contribution < -0.4 is 5.73 Å². The van der Waals surface area contributed by atoms with E-state index in [0.29, 0.717) is 17.4 Å². The van der Waals surface area contributed by atoms with Crippen LogP contribution in [0.2, 0.25) is 0 Å². The van der Waals surface area contributed by atoms with E-state index < -0.39 is 0 Å². The Morgan fingerprint density at radius 1 is 1.40 bits per heavy atom. The number of nitrogen functional groups attached to an aromatic ring is 1. The average molecular weight is 270 g/mol. The molecule has 0 spiro atoms. The lowest BCUT2D eigenvalue weighted by Gasteiger charge is -2.18. The van der Waals surface area contributed by atoms with Crippen molar-refractivity contribution in [2.24, 2.45) is 0 Å². The fourth-order valence-corrected chi connectivity index (χ4v) is 2.37. The van der Waals surface area contributed by atoms with Crippen molar-refractivity contribution in [1.29, 1.82) is 0 Å². The number of carbonyl (C=O) groups is 1. The molecular formula is C15H18N4O. The summed E-state index contributed by atoms with van der Waals surface area (Å²) in [5.41, 5.74) is 7.84. The predicted molar refractivity (Wildman–Crippen MR) is 77.7 cm³/mol. The fraction of sp³-hybridized carbons (Fsp3) is 0.333. The fourth-order valence-electron chi connectivity index (χ4n) is 2.37. The summed E-state index contributed by atoms with van der Waals surface area (Å²) >= 11 is 0. The van der Waals surface area contributed by atoms with Crippen molar-refractivity contribution in [2.75, 3.05) is 12.3 Å². The highest BCUT2D eigenvalue weighted by Crippen LogP contribution is 2.27. The van der Waals surface area contributed by atoms with Gasteiger partial charge in [0, 0.05) is 18.8 Å². The van der Waals surface area contributed by atoms with E-state index >= 15 is 0 Å². The monoisotopic (exact) mass is 270 g/mol. The van der Waals surface area contributed by atoms with Crippen molar-refractivity contribution in [3.63, 3.8) is 0 Å². The quantitative estimate of drug-likeness (QED) is 0.865. The van der Waals surface area contributed by atoms with Gasteiger partial charge in [0.05, 0.1) is 11.4 Å². The summed E-state index contributed by atoms with van der Waals surface area (Å²) in [7, 11) is 0. The number of hydrogen-bond acceptors (Lipinski definition) is 3. The number of hydrogen-bond donors (Lipinski definition) is 1. The molecule has 0 atom stereocenters. The van der Waals surface area contributed by atoms with Crippen LogP contribution in [0, 0.1) is 0 Å². The van der Waals surface area contributed by atoms with Crippen molar-refractivity contribution in [1.82, 2.24) is 14.7 Å². The Labute approximate surface area is 118 Å². The number of nitrogens with two attached hydrogens (primary N) is 1. The Kier molecular flexibility index (Phi) is 3.18. The van der Waals surface area contributed by atoms with E-state index in [1.54, 1.807) is 16.9 Å². The third-order valence-electron chi connectivity index (χ3n) is 3.58. The van der Waals surface area contributed by atoms with Gasteiger partial charge < -0.3 is 10.6 Å². The van der Waals surface area contributed by atoms with E-state index in [1.807, 2.05) is 36.1 Å². The summed E-state index contributed by atoms with van der Waals surface area (Å²) in [5.74, 6) is 0.00301. The number of benzene rings is 1. The second-order valence-electron chi connectivity index (χ2n) is 5.03. The van der Waals surface area contributed by atoms with Gasteiger partial charge in [-0.1, -0.05) is 12.1 Å². The standard InChI is InChI=1S/C15H18N4O/c1-2-18(11-7-8-11)15(20)13-9-10-19(17-13)14-6-4-3-5-12(14)16/h3-6,9-11H,2,7-8,16H2,1H3. The van der Waals surface area contributed by atoms with Gasteiger partial charge in [-0.05, 0) is 38.0 Å². The lowest BCUT2D eigenvalue weighted by Crippen LogP contribution is -2.33. The van der Waals surface area contributed by atoms with Crippen molar-refractivity contribution >= 4 is 11.6 Å². The van der Waals surface area contributed by atoms with Gasteiger partial charge in [0.15, 0.2) is 5.69 Å². The van der Waals surface area contributed by atoms with Crippen molar-refractivity contribution in [2.45, 2.75) is 25.8 Å². The molecule has 1 fully saturated rings. The highest BCUT2D eigenvalue weighted by molar-refractivity contribution is 5.92. The number of aromatic nitrogens is 2. The van der Waals surface area contributed by atoms with Crippen LogP contribution in [0.25, 0.3) is 5.69 Å². The van der Waals surface area contributed by atoms with Crippen LogP contribution in [0.1, 0.15) is 30.3 Å². The van der Waals surface area contributed by atoms with E-state index in [1.165, 1.54) is 0 Å². The maximum Gasteiger partial charge on any atom is 0.274 e. The molecule has 2 aromatic rings. The van der Waals surface area contributed by atoms with Gasteiger partial charge in [-0.2, -0.15) is 5.10 Å². The smallest absolute Gasteiger partial charge is 0.274 e. The summed E-state index contributed by atoms with van der Waals surface area (Å²) in [6, 6.07) is 9.63. The summed E-state index contributed by atoms with van der Waals surface area (Å²) in [4.78, 5) is 14.3. The Morgan fingerprint density at radius 2 is 2.15 bits per heavy atom. The normalized spacial score (nSPS) is 14.2. The van der Waals surface area contributed by atoms with Gasteiger partial charge in [0.25, 0.3) is 5.91 Å². The minimum atomic E-state index is 0.00301. The van der Waals surface area contributed by atoms with Crippen LogP contribution in [-0.4, -0.2) is 33.2 Å². The van der Waals surface area contributed by atoms with Gasteiger partial charge in [0.1, 0.15) is 0 Å². The Morgan fingerprint density at radius 3 is 2.80 bits per heavy atom. The van der Waals surface area contributed by atoms with Gasteiger partial charge in [-0.3, -0.25) is 4.79 Å². The number of carbonyl (C=O) groups excluding carboxylic acids is 1. The topological polar surface area (TPSA) is 64.2 Å². The molecule has 0 unspecified atom stereocenters. The highest BCUT2D eigenvalue weighted by Gasteiger charge is 2.32. The molecule has 1 aliphatic carbocycles. The van der Waals surface area contributed by atoms with Crippen LogP contribution in [0.5, 0.6) is 0 Å². The molecule has 1 aromatic carbocycles. The third kappa shape index (κ3) is 2.27. The minimum absolute atomic E-state index is 0.00301. The first kappa shape index (κ1) is 12.7. The summed E-state index contributed by atoms with van der Waals surface area (Å²) in [6.45, 7) is 2.73. The molecule has 104 valence electrons. The molecule has 1 aromatic heterocycles. The molecule has 0 radical (unpaired) electrons. The van der Waals surface area contributed by atoms with E-state index in [9.17, 15) is 4.79 Å². The zero-order valence-corrected chi connectivity index (χ0v) is 11.5. The molecule has 0 aliphatic heterocycles. The van der Waals surface area contributed by atoms with Crippen molar-refractivity contribution < 1.29 is 4.79 Å². The van der Waals surface area contributed by atoms with E-state index in [2.05, 4.69) is 5.10 Å². The molecule has 1 amide bonds. The number of amides is 1. The van der Waals surface area contributed by atoms with Gasteiger partial charge in [-0.15, -0.1) is 0 Å². The number of rotatable bonds is 4. The second-order valence-corrected chi connectivity index (χ2v) is 5.03. The van der Waals surface area contributed by atoms with Gasteiger partial charge in [-0.25, -0.2) is 4.68 Å². The summed E-state index contributed by atoms with van der Waals surface area (Å²) in [5, 5.41) is 4.37. The average Bonchev–Trinajstić information content (AvgIpc) is 3.16. The molecule has 20 heavy (non-hydrogen) atoms. The van der Waals surface area contributed by atoms with Crippen LogP contribution in [0.15, 0.2) is 36.5 Å². The second kappa shape index (κ2) is 5.00. The molecule has 3 rings (SSSR count). The van der Waals surface area contributed by atoms with Crippen LogP contribution in [-0.2, 0) is 0 Å². The third-order valence-corrected chi connectivity index (χ3v) is 3.58. The molecule has 2 N–H and O–H groups in total. The first-order valence-corrected chi connectivity index (χ1v) is 6.92. The predicted octanol–water partition coefficient (Wildman–Crippen LogP) is 2.08. The molecule has 5 nitrogen and oxygen atoms in total. The van der Waals surface area contributed by atoms with Crippen LogP contribution >= 0.6 is 0 Å². The Bertz CT molecular complexity index is 630. The minimum Gasteiger partial charge on any atom is -0.397 e. The first-order chi connectivity index (χ1) is 9.70.